The summed E-state index contributed by atoms with van der Waals surface area (Å²) in [6.07, 6.45) is 5.90. The molecule has 2 aromatic rings. The Labute approximate surface area is 139 Å². The Morgan fingerprint density at radius 2 is 2.19 bits per heavy atom. The first kappa shape index (κ1) is 16.5. The predicted octanol–water partition coefficient (Wildman–Crippen LogP) is 4.60. The number of hydrogen-bond donors (Lipinski definition) is 1. The average Bonchev–Trinajstić information content (AvgIpc) is 2.89. The van der Waals surface area contributed by atoms with Crippen LogP contribution in [0.15, 0.2) is 35.1 Å². The van der Waals surface area contributed by atoms with Crippen molar-refractivity contribution in [3.05, 3.63) is 51.5 Å². The van der Waals surface area contributed by atoms with Crippen molar-refractivity contribution in [3.8, 4) is 0 Å². The molecule has 1 aromatic heterocycles. The average molecular weight is 371 g/mol. The lowest BCUT2D eigenvalue weighted by Crippen LogP contribution is -2.24. The van der Waals surface area contributed by atoms with Gasteiger partial charge in [0.25, 0.3) is 0 Å². The Morgan fingerprint density at radius 1 is 1.38 bits per heavy atom. The summed E-state index contributed by atoms with van der Waals surface area (Å²) in [4.78, 5) is 4.50. The smallest absolute Gasteiger partial charge is 0.110 e. The first-order valence-electron chi connectivity index (χ1n) is 7.34. The van der Waals surface area contributed by atoms with Gasteiger partial charge in [-0.25, -0.2) is 4.98 Å². The van der Waals surface area contributed by atoms with Gasteiger partial charge in [0, 0.05) is 35.9 Å². The van der Waals surface area contributed by atoms with Crippen LogP contribution in [-0.2, 0) is 13.0 Å². The van der Waals surface area contributed by atoms with E-state index in [1.807, 2.05) is 18.3 Å². The summed E-state index contributed by atoms with van der Waals surface area (Å²) in [5.41, 5.74) is 1.19. The second kappa shape index (κ2) is 7.97. The van der Waals surface area contributed by atoms with E-state index in [4.69, 9.17) is 11.6 Å². The van der Waals surface area contributed by atoms with Crippen LogP contribution < -0.4 is 5.32 Å². The number of hydrogen-bond acceptors (Lipinski definition) is 2. The lowest BCUT2D eigenvalue weighted by molar-refractivity contribution is 0.516. The molecule has 21 heavy (non-hydrogen) atoms. The molecule has 0 amide bonds. The zero-order valence-corrected chi connectivity index (χ0v) is 14.8. The van der Waals surface area contributed by atoms with Gasteiger partial charge in [0.05, 0.1) is 5.02 Å². The molecule has 0 radical (unpaired) electrons. The van der Waals surface area contributed by atoms with Crippen LogP contribution in [0.1, 0.15) is 37.7 Å². The molecule has 3 nitrogen and oxygen atoms in total. The Bertz CT molecular complexity index is 583. The molecule has 0 aliphatic heterocycles. The van der Waals surface area contributed by atoms with Gasteiger partial charge in [-0.1, -0.05) is 31.5 Å². The monoisotopic (exact) mass is 369 g/mol. The maximum Gasteiger partial charge on any atom is 0.110 e. The zero-order chi connectivity index (χ0) is 15.2. The molecule has 0 aliphatic rings. The molecule has 0 fully saturated rings. The van der Waals surface area contributed by atoms with Gasteiger partial charge in [-0.05, 0) is 46.6 Å². The molecule has 1 unspecified atom stereocenters. The van der Waals surface area contributed by atoms with Crippen LogP contribution in [0.25, 0.3) is 0 Å². The van der Waals surface area contributed by atoms with E-state index in [1.54, 1.807) is 0 Å². The minimum atomic E-state index is 0.221. The summed E-state index contributed by atoms with van der Waals surface area (Å²) in [6.45, 7) is 6.22. The first-order chi connectivity index (χ1) is 10.2. The topological polar surface area (TPSA) is 29.9 Å². The van der Waals surface area contributed by atoms with Crippen LogP contribution in [0.3, 0.4) is 0 Å². The second-order valence-electron chi connectivity index (χ2n) is 5.02. The van der Waals surface area contributed by atoms with Gasteiger partial charge in [0.2, 0.25) is 0 Å². The van der Waals surface area contributed by atoms with Gasteiger partial charge >= 0.3 is 0 Å². The van der Waals surface area contributed by atoms with E-state index in [1.165, 1.54) is 5.56 Å². The van der Waals surface area contributed by atoms with E-state index < -0.39 is 0 Å². The van der Waals surface area contributed by atoms with Crippen LogP contribution in [0.2, 0.25) is 5.02 Å². The number of likely N-dealkylation sites (N-methyl/N-ethyl adjacent to an activating group) is 1. The minimum absolute atomic E-state index is 0.221. The van der Waals surface area contributed by atoms with Crippen LogP contribution in [-0.4, -0.2) is 16.1 Å². The third-order valence-corrected chi connectivity index (χ3v) is 4.68. The number of halogens is 2. The number of aryl methyl sites for hydroxylation is 1. The molecule has 0 bridgehead atoms. The lowest BCUT2D eigenvalue weighted by Gasteiger charge is -2.19. The summed E-state index contributed by atoms with van der Waals surface area (Å²) < 4.78 is 3.15. The van der Waals surface area contributed by atoms with Crippen molar-refractivity contribution in [1.82, 2.24) is 14.9 Å². The highest BCUT2D eigenvalue weighted by atomic mass is 79.9. The molecular formula is C16H21BrClN3. The normalized spacial score (nSPS) is 12.6. The number of nitrogens with one attached hydrogen (secondary N) is 1. The molecule has 2 rings (SSSR count). The fourth-order valence-corrected chi connectivity index (χ4v) is 2.88. The van der Waals surface area contributed by atoms with Crippen LogP contribution in [0.5, 0.6) is 0 Å². The summed E-state index contributed by atoms with van der Waals surface area (Å²) in [7, 11) is 0. The number of aromatic nitrogens is 2. The highest BCUT2D eigenvalue weighted by Crippen LogP contribution is 2.27. The molecule has 0 saturated carbocycles. The second-order valence-corrected chi connectivity index (χ2v) is 6.29. The Morgan fingerprint density at radius 3 is 2.86 bits per heavy atom. The quantitative estimate of drug-likeness (QED) is 0.772. The SMILES string of the molecule is CCCn1ccnc1CC(NCC)c1ccc(Br)c(Cl)c1. The van der Waals surface area contributed by atoms with Crippen LogP contribution >= 0.6 is 27.5 Å². The van der Waals surface area contributed by atoms with Gasteiger partial charge in [-0.2, -0.15) is 0 Å². The maximum absolute atomic E-state index is 6.23. The number of benzene rings is 1. The van der Waals surface area contributed by atoms with E-state index in [-0.39, 0.29) is 6.04 Å². The standard InChI is InChI=1S/C16H21BrClN3/c1-3-8-21-9-7-20-16(21)11-15(19-4-2)12-5-6-13(17)14(18)10-12/h5-7,9-10,15,19H,3-4,8,11H2,1-2H3. The highest BCUT2D eigenvalue weighted by molar-refractivity contribution is 9.10. The zero-order valence-electron chi connectivity index (χ0n) is 12.4. The molecule has 1 heterocycles. The van der Waals surface area contributed by atoms with E-state index in [0.717, 1.165) is 41.3 Å². The van der Waals surface area contributed by atoms with Gasteiger partial charge < -0.3 is 9.88 Å². The number of imidazole rings is 1. The molecule has 0 saturated heterocycles. The number of rotatable bonds is 7. The molecule has 0 aliphatic carbocycles. The van der Waals surface area contributed by atoms with Gasteiger partial charge in [0.1, 0.15) is 5.82 Å². The molecule has 1 atom stereocenters. The van der Waals surface area contributed by atoms with Gasteiger partial charge in [-0.3, -0.25) is 0 Å². The summed E-state index contributed by atoms with van der Waals surface area (Å²) in [5.74, 6) is 1.11. The van der Waals surface area contributed by atoms with Gasteiger partial charge in [-0.15, -0.1) is 0 Å². The lowest BCUT2D eigenvalue weighted by atomic mass is 10.0. The van der Waals surface area contributed by atoms with Crippen LogP contribution in [0.4, 0.5) is 0 Å². The van der Waals surface area contributed by atoms with Crippen molar-refractivity contribution in [2.75, 3.05) is 6.54 Å². The van der Waals surface area contributed by atoms with E-state index in [0.29, 0.717) is 0 Å². The van der Waals surface area contributed by atoms with E-state index >= 15 is 0 Å². The Kier molecular flexibility index (Phi) is 6.27. The summed E-state index contributed by atoms with van der Waals surface area (Å²) in [6, 6.07) is 6.35. The minimum Gasteiger partial charge on any atom is -0.335 e. The van der Waals surface area contributed by atoms with Crippen LogP contribution in [0, 0.1) is 0 Å². The highest BCUT2D eigenvalue weighted by Gasteiger charge is 2.15. The molecule has 1 N–H and O–H groups in total. The predicted molar refractivity (Wildman–Crippen MR) is 91.8 cm³/mol. The van der Waals surface area contributed by atoms with Crippen molar-refractivity contribution in [3.63, 3.8) is 0 Å². The van der Waals surface area contributed by atoms with Crippen molar-refractivity contribution in [2.24, 2.45) is 0 Å². The third kappa shape index (κ3) is 4.31. The van der Waals surface area contributed by atoms with E-state index in [2.05, 4.69) is 56.9 Å². The largest absolute Gasteiger partial charge is 0.335 e. The molecular weight excluding hydrogens is 350 g/mol. The summed E-state index contributed by atoms with van der Waals surface area (Å²) >= 11 is 9.67. The molecule has 5 heteroatoms. The maximum atomic E-state index is 6.23. The van der Waals surface area contributed by atoms with Crippen molar-refractivity contribution in [1.29, 1.82) is 0 Å². The van der Waals surface area contributed by atoms with Crippen molar-refractivity contribution >= 4 is 27.5 Å². The Balaban J connectivity index is 2.22. The Hall–Kier alpha value is -0.840. The fraction of sp³-hybridized carbons (Fsp3) is 0.438. The third-order valence-electron chi connectivity index (χ3n) is 3.45. The number of nitrogens with zero attached hydrogens (tertiary/aromatic N) is 2. The van der Waals surface area contributed by atoms with E-state index in [9.17, 15) is 0 Å². The first-order valence-corrected chi connectivity index (χ1v) is 8.51. The molecule has 0 spiro atoms. The molecule has 1 aromatic carbocycles. The van der Waals surface area contributed by atoms with Crippen molar-refractivity contribution in [2.45, 2.75) is 39.3 Å². The van der Waals surface area contributed by atoms with Crippen molar-refractivity contribution < 1.29 is 0 Å². The van der Waals surface area contributed by atoms with Gasteiger partial charge in [0.15, 0.2) is 0 Å². The summed E-state index contributed by atoms with van der Waals surface area (Å²) in [5, 5.41) is 4.27. The molecule has 114 valence electrons. The fourth-order valence-electron chi connectivity index (χ4n) is 2.44.